The van der Waals surface area contributed by atoms with Crippen LogP contribution in [-0.2, 0) is 0 Å². The molecule has 2 rings (SSSR count). The van der Waals surface area contributed by atoms with Crippen LogP contribution >= 0.6 is 92.8 Å². The fraction of sp³-hybridized carbons (Fsp3) is 1.00. The molecule has 18 heavy (non-hydrogen) atoms. The Bertz CT molecular complexity index is 341. The molecule has 0 N–H and O–H groups in total. The normalized spacial score (nSPS) is 48.7. The molecule has 0 nitrogen and oxygen atoms in total. The molecule has 0 spiro atoms. The summed E-state index contributed by atoms with van der Waals surface area (Å²) in [6.07, 6.45) is 0. The molecule has 0 amide bonds. The van der Waals surface area contributed by atoms with Crippen LogP contribution in [0.25, 0.3) is 0 Å². The van der Waals surface area contributed by atoms with E-state index in [0.29, 0.717) is 0 Å². The van der Waals surface area contributed by atoms with E-state index in [0.717, 1.165) is 0 Å². The quantitative estimate of drug-likeness (QED) is 0.550. The monoisotopic (exact) mass is 410 g/mol. The predicted octanol–water partition coefficient (Wildman–Crippen LogP) is 5.32. The van der Waals surface area contributed by atoms with Gasteiger partial charge >= 0.3 is 0 Å². The highest BCUT2D eigenvalue weighted by molar-refractivity contribution is 6.55. The first-order valence-corrected chi connectivity index (χ1v) is 8.93. The molecule has 2 aliphatic carbocycles. The third kappa shape index (κ3) is 1.56. The molecule has 0 radical (unpaired) electrons. The Balaban J connectivity index is 2.70. The summed E-state index contributed by atoms with van der Waals surface area (Å²) < 4.78 is -1.30. The maximum absolute atomic E-state index is 6.46. The van der Waals surface area contributed by atoms with E-state index in [1.54, 1.807) is 0 Å². The average Bonchev–Trinajstić information content (AvgIpc) is 2.63. The molecule has 2 fully saturated rings. The van der Waals surface area contributed by atoms with E-state index in [9.17, 15) is 0 Å². The molecular formula is C10H10Cl8. The third-order valence-corrected chi connectivity index (χ3v) is 9.20. The van der Waals surface area contributed by atoms with Crippen LogP contribution in [0.5, 0.6) is 0 Å². The van der Waals surface area contributed by atoms with Gasteiger partial charge in [0.25, 0.3) is 0 Å². The van der Waals surface area contributed by atoms with Crippen LogP contribution in [0.3, 0.4) is 0 Å². The summed E-state index contributed by atoms with van der Waals surface area (Å²) in [5.41, 5.74) is -1.56. The molecule has 2 aliphatic rings. The first kappa shape index (κ1) is 16.7. The molecule has 0 heterocycles. The number of fused-ring (bicyclic) bond motifs is 2. The van der Waals surface area contributed by atoms with Crippen LogP contribution in [0.1, 0.15) is 0 Å². The molecule has 1 unspecified atom stereocenters. The lowest BCUT2D eigenvalue weighted by Crippen LogP contribution is -2.56. The molecule has 5 atom stereocenters. The fourth-order valence-electron chi connectivity index (χ4n) is 3.51. The fourth-order valence-corrected chi connectivity index (χ4v) is 8.51. The van der Waals surface area contributed by atoms with E-state index in [1.807, 2.05) is 0 Å². The minimum Gasteiger partial charge on any atom is -0.126 e. The summed E-state index contributed by atoms with van der Waals surface area (Å²) in [5.74, 6) is 0.263. The standard InChI is InChI=1S/C10H10Cl8/c11-1-8(2-12)4-5(14)7(16)9(8,3-13)10(17,18)6(4)15/h4-7H,1-3H2/t4-,5-,6-,7+,9?/m0/s1. The van der Waals surface area contributed by atoms with Crippen LogP contribution in [-0.4, -0.2) is 38.1 Å². The van der Waals surface area contributed by atoms with Gasteiger partial charge in [-0.05, 0) is 0 Å². The van der Waals surface area contributed by atoms with E-state index < -0.39 is 31.3 Å². The second-order valence-electron chi connectivity index (χ2n) is 4.93. The average molecular weight is 414 g/mol. The van der Waals surface area contributed by atoms with Crippen molar-refractivity contribution in [1.29, 1.82) is 0 Å². The number of halogens is 8. The smallest absolute Gasteiger partial charge is 0.126 e. The van der Waals surface area contributed by atoms with Gasteiger partial charge in [0.05, 0.1) is 16.1 Å². The van der Waals surface area contributed by atoms with E-state index in [4.69, 9.17) is 92.8 Å². The highest BCUT2D eigenvalue weighted by Gasteiger charge is 2.83. The summed E-state index contributed by atoms with van der Waals surface area (Å²) in [5, 5.41) is -1.52. The zero-order valence-corrected chi connectivity index (χ0v) is 15.0. The molecular weight excluding hydrogens is 404 g/mol. The molecule has 0 aromatic rings. The second kappa shape index (κ2) is 5.20. The van der Waals surface area contributed by atoms with Crippen molar-refractivity contribution >= 4 is 92.8 Å². The third-order valence-electron chi connectivity index (χ3n) is 4.56. The number of rotatable bonds is 3. The molecule has 0 aliphatic heterocycles. The maximum Gasteiger partial charge on any atom is 0.143 e. The van der Waals surface area contributed by atoms with Gasteiger partial charge in [-0.15, -0.1) is 69.6 Å². The van der Waals surface area contributed by atoms with Crippen LogP contribution in [0, 0.1) is 16.7 Å². The minimum atomic E-state index is -1.30. The zero-order chi connectivity index (χ0) is 13.9. The van der Waals surface area contributed by atoms with Crippen molar-refractivity contribution in [3.63, 3.8) is 0 Å². The summed E-state index contributed by atoms with van der Waals surface area (Å²) in [6.45, 7) is 0. The Hall–Kier alpha value is 2.32. The summed E-state index contributed by atoms with van der Waals surface area (Å²) in [4.78, 5) is 0. The van der Waals surface area contributed by atoms with Gasteiger partial charge < -0.3 is 0 Å². The minimum absolute atomic E-state index is 0.108. The molecule has 2 bridgehead atoms. The molecule has 0 aromatic carbocycles. The van der Waals surface area contributed by atoms with Gasteiger partial charge in [0.15, 0.2) is 0 Å². The van der Waals surface area contributed by atoms with Gasteiger partial charge in [-0.1, -0.05) is 23.2 Å². The lowest BCUT2D eigenvalue weighted by Gasteiger charge is -2.47. The highest BCUT2D eigenvalue weighted by Crippen LogP contribution is 2.77. The molecule has 2 saturated carbocycles. The van der Waals surface area contributed by atoms with Crippen molar-refractivity contribution in [3.05, 3.63) is 0 Å². The van der Waals surface area contributed by atoms with Gasteiger partial charge in [0, 0.05) is 34.4 Å². The van der Waals surface area contributed by atoms with Crippen LogP contribution in [0.15, 0.2) is 0 Å². The Kier molecular flexibility index (Phi) is 4.82. The van der Waals surface area contributed by atoms with Crippen molar-refractivity contribution in [2.75, 3.05) is 17.6 Å². The lowest BCUT2D eigenvalue weighted by atomic mass is 9.70. The zero-order valence-electron chi connectivity index (χ0n) is 8.95. The Morgan fingerprint density at radius 2 is 1.28 bits per heavy atom. The number of hydrogen-bond acceptors (Lipinski definition) is 0. The highest BCUT2D eigenvalue weighted by atomic mass is 35.5. The van der Waals surface area contributed by atoms with Crippen molar-refractivity contribution in [3.8, 4) is 0 Å². The maximum atomic E-state index is 6.46. The Labute approximate surface area is 146 Å². The summed E-state index contributed by atoms with van der Waals surface area (Å²) in [7, 11) is 0. The molecule has 106 valence electrons. The number of alkyl halides is 8. The van der Waals surface area contributed by atoms with Crippen LogP contribution in [0.4, 0.5) is 0 Å². The van der Waals surface area contributed by atoms with Gasteiger partial charge in [-0.2, -0.15) is 0 Å². The Morgan fingerprint density at radius 3 is 1.61 bits per heavy atom. The second-order valence-corrected chi connectivity index (χ2v) is 8.56. The summed E-state index contributed by atoms with van der Waals surface area (Å²) >= 11 is 50.6. The first-order valence-electron chi connectivity index (χ1n) is 5.26. The van der Waals surface area contributed by atoms with Crippen LogP contribution < -0.4 is 0 Å². The van der Waals surface area contributed by atoms with E-state index >= 15 is 0 Å². The summed E-state index contributed by atoms with van der Waals surface area (Å²) in [6, 6.07) is 0. The molecule has 0 aromatic heterocycles. The van der Waals surface area contributed by atoms with Gasteiger partial charge in [0.1, 0.15) is 4.33 Å². The van der Waals surface area contributed by atoms with Crippen molar-refractivity contribution in [2.24, 2.45) is 16.7 Å². The first-order chi connectivity index (χ1) is 8.28. The SMILES string of the molecule is ClCC1(CCl)[C@H]2[C@H](Cl)[C@@H](Cl)C1(CCl)C(Cl)(Cl)[C@H]2Cl. The van der Waals surface area contributed by atoms with Crippen molar-refractivity contribution in [1.82, 2.24) is 0 Å². The molecule has 0 saturated heterocycles. The topological polar surface area (TPSA) is 0 Å². The molecule has 8 heteroatoms. The van der Waals surface area contributed by atoms with E-state index in [-0.39, 0.29) is 23.6 Å². The van der Waals surface area contributed by atoms with E-state index in [1.165, 1.54) is 0 Å². The van der Waals surface area contributed by atoms with Gasteiger partial charge in [-0.3, -0.25) is 0 Å². The largest absolute Gasteiger partial charge is 0.143 e. The van der Waals surface area contributed by atoms with Crippen molar-refractivity contribution < 1.29 is 0 Å². The Morgan fingerprint density at radius 1 is 0.778 bits per heavy atom. The predicted molar refractivity (Wildman–Crippen MR) is 83.9 cm³/mol. The van der Waals surface area contributed by atoms with Crippen molar-refractivity contribution in [2.45, 2.75) is 20.5 Å². The lowest BCUT2D eigenvalue weighted by molar-refractivity contribution is 0.160. The van der Waals surface area contributed by atoms with Gasteiger partial charge in [0.2, 0.25) is 0 Å². The van der Waals surface area contributed by atoms with Crippen LogP contribution in [0.2, 0.25) is 0 Å². The van der Waals surface area contributed by atoms with E-state index in [2.05, 4.69) is 0 Å². The van der Waals surface area contributed by atoms with Gasteiger partial charge in [-0.25, -0.2) is 0 Å². The number of hydrogen-bond donors (Lipinski definition) is 0.